The number of carbonyl (C=O) groups excluding carboxylic acids is 1. The van der Waals surface area contributed by atoms with Gasteiger partial charge in [0.15, 0.2) is 0 Å². The fourth-order valence-corrected chi connectivity index (χ4v) is 7.05. The van der Waals surface area contributed by atoms with E-state index in [1.54, 1.807) is 0 Å². The van der Waals surface area contributed by atoms with Crippen molar-refractivity contribution in [2.45, 2.75) is 84.0 Å². The van der Waals surface area contributed by atoms with E-state index in [1.807, 2.05) is 12.4 Å². The second-order valence-corrected chi connectivity index (χ2v) is 10.6. The summed E-state index contributed by atoms with van der Waals surface area (Å²) in [7, 11) is 0. The van der Waals surface area contributed by atoms with Gasteiger partial charge in [-0.1, -0.05) is 13.3 Å². The second-order valence-electron chi connectivity index (χ2n) is 10.6. The normalized spacial score (nSPS) is 29.2. The fraction of sp³-hybridized carbons (Fsp3) is 0.769. The lowest BCUT2D eigenvalue weighted by Crippen LogP contribution is -2.46. The molecule has 166 valence electrons. The van der Waals surface area contributed by atoms with Crippen molar-refractivity contribution < 1.29 is 4.79 Å². The summed E-state index contributed by atoms with van der Waals surface area (Å²) in [5, 5.41) is 3.18. The molecule has 0 spiro atoms. The monoisotopic (exact) mass is 411 g/mol. The van der Waals surface area contributed by atoms with Crippen molar-refractivity contribution >= 4 is 6.03 Å². The predicted octanol–water partition coefficient (Wildman–Crippen LogP) is 5.82. The lowest BCUT2D eigenvalue weighted by atomic mass is 9.48. The van der Waals surface area contributed by atoms with Crippen LogP contribution >= 0.6 is 0 Å². The van der Waals surface area contributed by atoms with Crippen molar-refractivity contribution in [1.29, 1.82) is 0 Å². The maximum Gasteiger partial charge on any atom is 0.317 e. The summed E-state index contributed by atoms with van der Waals surface area (Å²) in [4.78, 5) is 19.0. The Morgan fingerprint density at radius 1 is 1.03 bits per heavy atom. The minimum absolute atomic E-state index is 0.142. The molecular weight excluding hydrogens is 370 g/mol. The van der Waals surface area contributed by atoms with E-state index in [1.165, 1.54) is 56.9 Å². The first kappa shape index (κ1) is 21.6. The molecule has 5 rings (SSSR count). The van der Waals surface area contributed by atoms with Gasteiger partial charge in [0.1, 0.15) is 0 Å². The molecule has 4 nitrogen and oxygen atoms in total. The third-order valence-corrected chi connectivity index (χ3v) is 8.04. The lowest BCUT2D eigenvalue weighted by Gasteiger charge is -2.57. The van der Waals surface area contributed by atoms with Crippen molar-refractivity contribution in [2.75, 3.05) is 19.6 Å². The molecule has 4 bridgehead atoms. The Labute approximate surface area is 183 Å². The number of hydrogen-bond acceptors (Lipinski definition) is 2. The Morgan fingerprint density at radius 3 is 2.30 bits per heavy atom. The molecule has 4 aliphatic rings. The van der Waals surface area contributed by atoms with Crippen LogP contribution in [0.15, 0.2) is 24.5 Å². The summed E-state index contributed by atoms with van der Waals surface area (Å²) in [5.74, 6) is 3.07. The van der Waals surface area contributed by atoms with E-state index in [0.717, 1.165) is 63.1 Å². The van der Waals surface area contributed by atoms with Crippen LogP contribution in [0.4, 0.5) is 4.79 Å². The van der Waals surface area contributed by atoms with Gasteiger partial charge in [0.2, 0.25) is 0 Å². The van der Waals surface area contributed by atoms with Gasteiger partial charge in [-0.3, -0.25) is 4.98 Å². The van der Waals surface area contributed by atoms with Gasteiger partial charge in [0.05, 0.1) is 0 Å². The van der Waals surface area contributed by atoms with Crippen LogP contribution in [-0.2, 0) is 6.42 Å². The molecule has 1 aromatic rings. The molecular formula is C26H41N3O. The van der Waals surface area contributed by atoms with Crippen LogP contribution < -0.4 is 5.32 Å². The van der Waals surface area contributed by atoms with Gasteiger partial charge in [-0.25, -0.2) is 4.79 Å². The van der Waals surface area contributed by atoms with Crippen LogP contribution in [0.25, 0.3) is 0 Å². The van der Waals surface area contributed by atoms with Crippen LogP contribution in [-0.4, -0.2) is 35.5 Å². The predicted molar refractivity (Wildman–Crippen MR) is 122 cm³/mol. The highest BCUT2D eigenvalue weighted by atomic mass is 16.2. The molecule has 2 amide bonds. The minimum Gasteiger partial charge on any atom is -0.338 e. The highest BCUT2D eigenvalue weighted by Gasteiger charge is 2.50. The first-order chi connectivity index (χ1) is 14.7. The molecule has 0 aliphatic heterocycles. The number of aromatic nitrogens is 1. The third-order valence-electron chi connectivity index (χ3n) is 8.04. The number of hydrogen-bond donors (Lipinski definition) is 1. The number of unbranched alkanes of at least 4 members (excludes halogenated alkanes) is 1. The number of pyridine rings is 1. The number of carbonyl (C=O) groups is 1. The number of aryl methyl sites for hydroxylation is 1. The molecule has 30 heavy (non-hydrogen) atoms. The van der Waals surface area contributed by atoms with Crippen LogP contribution in [0.5, 0.6) is 0 Å². The first-order valence-electron chi connectivity index (χ1n) is 12.6. The van der Waals surface area contributed by atoms with Gasteiger partial charge in [-0.15, -0.1) is 0 Å². The van der Waals surface area contributed by atoms with Crippen molar-refractivity contribution in [1.82, 2.24) is 15.2 Å². The van der Waals surface area contributed by atoms with E-state index < -0.39 is 0 Å². The highest BCUT2D eigenvalue weighted by Crippen LogP contribution is 2.61. The Hall–Kier alpha value is -1.58. The van der Waals surface area contributed by atoms with Gasteiger partial charge in [0.25, 0.3) is 0 Å². The molecule has 1 N–H and O–H groups in total. The molecule has 4 fully saturated rings. The maximum absolute atomic E-state index is 12.8. The SMILES string of the molecule is CCCCN(CCCC12CC3CC(CC(C3)C1)C2)C(=O)NCCCc1ccncc1. The summed E-state index contributed by atoms with van der Waals surface area (Å²) in [6.07, 6.45) is 19.4. The van der Waals surface area contributed by atoms with Crippen LogP contribution in [0.2, 0.25) is 0 Å². The van der Waals surface area contributed by atoms with E-state index in [0.29, 0.717) is 5.41 Å². The van der Waals surface area contributed by atoms with Crippen LogP contribution in [0, 0.1) is 23.2 Å². The average Bonchev–Trinajstić information content (AvgIpc) is 2.73. The summed E-state index contributed by atoms with van der Waals surface area (Å²) >= 11 is 0. The number of amides is 2. The average molecular weight is 412 g/mol. The van der Waals surface area contributed by atoms with Gasteiger partial charge < -0.3 is 10.2 Å². The maximum atomic E-state index is 12.8. The molecule has 0 radical (unpaired) electrons. The Balaban J connectivity index is 1.20. The van der Waals surface area contributed by atoms with Gasteiger partial charge in [-0.2, -0.15) is 0 Å². The lowest BCUT2D eigenvalue weighted by molar-refractivity contribution is -0.0586. The minimum atomic E-state index is 0.142. The zero-order valence-corrected chi connectivity index (χ0v) is 19.0. The summed E-state index contributed by atoms with van der Waals surface area (Å²) in [6, 6.07) is 4.25. The fourth-order valence-electron chi connectivity index (χ4n) is 7.05. The second kappa shape index (κ2) is 10.2. The number of rotatable bonds is 11. The third kappa shape index (κ3) is 5.56. The quantitative estimate of drug-likeness (QED) is 0.466. The molecule has 0 saturated heterocycles. The highest BCUT2D eigenvalue weighted by molar-refractivity contribution is 5.74. The van der Waals surface area contributed by atoms with Crippen LogP contribution in [0.1, 0.15) is 83.1 Å². The van der Waals surface area contributed by atoms with E-state index >= 15 is 0 Å². The van der Waals surface area contributed by atoms with E-state index in [-0.39, 0.29) is 6.03 Å². The van der Waals surface area contributed by atoms with Gasteiger partial charge in [0, 0.05) is 32.0 Å². The standard InChI is InChI=1S/C26H41N3O/c1-2-3-13-29(25(30)28-10-4-6-21-7-11-27-12-8-21)14-5-9-26-18-22-15-23(19-26)17-24(16-22)20-26/h7-8,11-12,22-24H,2-6,9-10,13-20H2,1H3,(H,28,30). The van der Waals surface area contributed by atoms with E-state index in [4.69, 9.17) is 0 Å². The Bertz CT molecular complexity index is 639. The first-order valence-corrected chi connectivity index (χ1v) is 12.6. The van der Waals surface area contributed by atoms with Crippen molar-refractivity contribution in [3.05, 3.63) is 30.1 Å². The number of urea groups is 1. The summed E-state index contributed by atoms with van der Waals surface area (Å²) in [6.45, 7) is 4.78. The van der Waals surface area contributed by atoms with Gasteiger partial charge >= 0.3 is 6.03 Å². The topological polar surface area (TPSA) is 45.2 Å². The summed E-state index contributed by atoms with van der Waals surface area (Å²) in [5.41, 5.74) is 1.92. The number of nitrogens with one attached hydrogen (secondary N) is 1. The molecule has 0 unspecified atom stereocenters. The molecule has 0 aromatic carbocycles. The van der Waals surface area contributed by atoms with Crippen LogP contribution in [0.3, 0.4) is 0 Å². The Kier molecular flexibility index (Phi) is 7.32. The molecule has 4 aliphatic carbocycles. The molecule has 1 aromatic heterocycles. The van der Waals surface area contributed by atoms with Crippen molar-refractivity contribution in [3.8, 4) is 0 Å². The largest absolute Gasteiger partial charge is 0.338 e. The zero-order chi connectivity index (χ0) is 20.8. The zero-order valence-electron chi connectivity index (χ0n) is 19.0. The smallest absolute Gasteiger partial charge is 0.317 e. The molecule has 4 heteroatoms. The Morgan fingerprint density at radius 2 is 1.67 bits per heavy atom. The molecule has 4 saturated carbocycles. The van der Waals surface area contributed by atoms with E-state index in [9.17, 15) is 4.79 Å². The summed E-state index contributed by atoms with van der Waals surface area (Å²) < 4.78 is 0. The number of nitrogens with zero attached hydrogens (tertiary/aromatic N) is 2. The van der Waals surface area contributed by atoms with Crippen molar-refractivity contribution in [2.24, 2.45) is 23.2 Å². The van der Waals surface area contributed by atoms with Gasteiger partial charge in [-0.05, 0) is 111 Å². The molecule has 0 atom stereocenters. The molecule has 1 heterocycles. The van der Waals surface area contributed by atoms with Crippen molar-refractivity contribution in [3.63, 3.8) is 0 Å². The van der Waals surface area contributed by atoms with E-state index in [2.05, 4.69) is 34.3 Å².